The minimum Gasteiger partial charge on any atom is -0.490 e. The third kappa shape index (κ3) is 3.77. The summed E-state index contributed by atoms with van der Waals surface area (Å²) in [6.07, 6.45) is 2.23. The standard InChI is InChI=1S/C13H13BFNO3/c15-12-5-4-10(14(17)18)9-13(12)19-8-6-11-3-1-2-7-16-11/h1-5,7,9,17-18H,6,8H2. The molecule has 6 heteroatoms. The topological polar surface area (TPSA) is 62.6 Å². The van der Waals surface area contributed by atoms with Gasteiger partial charge in [-0.25, -0.2) is 4.39 Å². The van der Waals surface area contributed by atoms with E-state index in [1.54, 1.807) is 6.20 Å². The van der Waals surface area contributed by atoms with Gasteiger partial charge in [0, 0.05) is 18.3 Å². The maximum atomic E-state index is 13.5. The van der Waals surface area contributed by atoms with E-state index in [-0.39, 0.29) is 17.8 Å². The van der Waals surface area contributed by atoms with E-state index in [9.17, 15) is 4.39 Å². The Balaban J connectivity index is 1.97. The Bertz CT molecular complexity index is 537. The number of benzene rings is 1. The van der Waals surface area contributed by atoms with E-state index in [0.29, 0.717) is 6.42 Å². The molecule has 4 nitrogen and oxygen atoms in total. The maximum absolute atomic E-state index is 13.5. The molecule has 0 amide bonds. The van der Waals surface area contributed by atoms with Crippen LogP contribution in [0.2, 0.25) is 0 Å². The van der Waals surface area contributed by atoms with Gasteiger partial charge in [-0.15, -0.1) is 0 Å². The van der Waals surface area contributed by atoms with Gasteiger partial charge in [-0.2, -0.15) is 0 Å². The second-order valence-electron chi connectivity index (χ2n) is 3.98. The monoisotopic (exact) mass is 261 g/mol. The number of rotatable bonds is 5. The summed E-state index contributed by atoms with van der Waals surface area (Å²) < 4.78 is 18.7. The van der Waals surface area contributed by atoms with Gasteiger partial charge < -0.3 is 14.8 Å². The van der Waals surface area contributed by atoms with Crippen molar-refractivity contribution in [2.45, 2.75) is 6.42 Å². The highest BCUT2D eigenvalue weighted by Gasteiger charge is 2.14. The number of hydrogen-bond donors (Lipinski definition) is 2. The summed E-state index contributed by atoms with van der Waals surface area (Å²) in [7, 11) is -1.64. The molecule has 2 rings (SSSR count). The molecular formula is C13H13BFNO3. The van der Waals surface area contributed by atoms with E-state index in [2.05, 4.69) is 4.98 Å². The van der Waals surface area contributed by atoms with Crippen LogP contribution in [-0.2, 0) is 6.42 Å². The molecule has 0 bridgehead atoms. The zero-order valence-corrected chi connectivity index (χ0v) is 10.2. The van der Waals surface area contributed by atoms with E-state index in [0.717, 1.165) is 11.8 Å². The number of aromatic nitrogens is 1. The fourth-order valence-corrected chi connectivity index (χ4v) is 1.60. The Labute approximate surface area is 110 Å². The first-order valence-corrected chi connectivity index (χ1v) is 5.85. The van der Waals surface area contributed by atoms with Crippen LogP contribution in [0, 0.1) is 5.82 Å². The van der Waals surface area contributed by atoms with E-state index in [4.69, 9.17) is 14.8 Å². The third-order valence-corrected chi connectivity index (χ3v) is 2.60. The van der Waals surface area contributed by atoms with Crippen molar-refractivity contribution >= 4 is 12.6 Å². The Morgan fingerprint density at radius 3 is 2.74 bits per heavy atom. The van der Waals surface area contributed by atoms with E-state index < -0.39 is 12.9 Å². The van der Waals surface area contributed by atoms with Crippen molar-refractivity contribution in [3.8, 4) is 5.75 Å². The first-order valence-electron chi connectivity index (χ1n) is 5.85. The minimum absolute atomic E-state index is 0.00142. The highest BCUT2D eigenvalue weighted by atomic mass is 19.1. The molecule has 1 aromatic heterocycles. The minimum atomic E-state index is -1.64. The van der Waals surface area contributed by atoms with Gasteiger partial charge in [0.1, 0.15) is 0 Å². The summed E-state index contributed by atoms with van der Waals surface area (Å²) in [4.78, 5) is 4.12. The summed E-state index contributed by atoms with van der Waals surface area (Å²) in [6, 6.07) is 9.25. The Hall–Kier alpha value is -1.92. The first kappa shape index (κ1) is 13.5. The molecule has 0 saturated heterocycles. The average Bonchev–Trinajstić information content (AvgIpc) is 2.42. The molecule has 2 N–H and O–H groups in total. The molecule has 0 unspecified atom stereocenters. The summed E-state index contributed by atoms with van der Waals surface area (Å²) in [5.41, 5.74) is 1.04. The van der Waals surface area contributed by atoms with Crippen molar-refractivity contribution in [1.82, 2.24) is 4.98 Å². The lowest BCUT2D eigenvalue weighted by molar-refractivity contribution is 0.304. The van der Waals surface area contributed by atoms with Crippen molar-refractivity contribution < 1.29 is 19.2 Å². The summed E-state index contributed by atoms with van der Waals surface area (Å²) in [5.74, 6) is -0.535. The van der Waals surface area contributed by atoms with Gasteiger partial charge >= 0.3 is 7.12 Å². The molecule has 0 aliphatic rings. The molecule has 1 aromatic carbocycles. The normalized spacial score (nSPS) is 10.3. The maximum Gasteiger partial charge on any atom is 0.488 e. The molecule has 98 valence electrons. The van der Waals surface area contributed by atoms with Crippen LogP contribution in [0.4, 0.5) is 4.39 Å². The quantitative estimate of drug-likeness (QED) is 0.770. The van der Waals surface area contributed by atoms with Crippen LogP contribution in [0.25, 0.3) is 0 Å². The van der Waals surface area contributed by atoms with Crippen LogP contribution in [0.3, 0.4) is 0 Å². The summed E-state index contributed by atoms with van der Waals surface area (Å²) >= 11 is 0. The molecule has 0 fully saturated rings. The summed E-state index contributed by atoms with van der Waals surface area (Å²) in [6.45, 7) is 0.263. The molecule has 0 atom stereocenters. The van der Waals surface area contributed by atoms with Crippen LogP contribution in [-0.4, -0.2) is 28.8 Å². The average molecular weight is 261 g/mol. The second kappa shape index (κ2) is 6.31. The smallest absolute Gasteiger partial charge is 0.488 e. The highest BCUT2D eigenvalue weighted by Crippen LogP contribution is 2.14. The van der Waals surface area contributed by atoms with Crippen molar-refractivity contribution in [2.24, 2.45) is 0 Å². The number of nitrogens with zero attached hydrogens (tertiary/aromatic N) is 1. The zero-order chi connectivity index (χ0) is 13.7. The first-order chi connectivity index (χ1) is 9.16. The largest absolute Gasteiger partial charge is 0.490 e. The Morgan fingerprint density at radius 2 is 2.05 bits per heavy atom. The van der Waals surface area contributed by atoms with Gasteiger partial charge in [0.2, 0.25) is 0 Å². The molecule has 1 heterocycles. The fraction of sp³-hybridized carbons (Fsp3) is 0.154. The van der Waals surface area contributed by atoms with Crippen molar-refractivity contribution in [1.29, 1.82) is 0 Å². The van der Waals surface area contributed by atoms with E-state index >= 15 is 0 Å². The van der Waals surface area contributed by atoms with Crippen LogP contribution in [0.1, 0.15) is 5.69 Å². The molecule has 0 radical (unpaired) electrons. The fourth-order valence-electron chi connectivity index (χ4n) is 1.60. The highest BCUT2D eigenvalue weighted by molar-refractivity contribution is 6.58. The molecular weight excluding hydrogens is 248 g/mol. The van der Waals surface area contributed by atoms with E-state index in [1.807, 2.05) is 18.2 Å². The molecule has 19 heavy (non-hydrogen) atoms. The van der Waals surface area contributed by atoms with Gasteiger partial charge in [0.25, 0.3) is 0 Å². The molecule has 0 aliphatic carbocycles. The SMILES string of the molecule is OB(O)c1ccc(F)c(OCCc2ccccn2)c1. The van der Waals surface area contributed by atoms with Crippen molar-refractivity contribution in [3.05, 3.63) is 54.1 Å². The van der Waals surface area contributed by atoms with Crippen LogP contribution >= 0.6 is 0 Å². The van der Waals surface area contributed by atoms with Gasteiger partial charge in [-0.1, -0.05) is 12.1 Å². The molecule has 0 aliphatic heterocycles. The Morgan fingerprint density at radius 1 is 1.21 bits per heavy atom. The van der Waals surface area contributed by atoms with E-state index in [1.165, 1.54) is 12.1 Å². The lowest BCUT2D eigenvalue weighted by Gasteiger charge is -2.08. The van der Waals surface area contributed by atoms with Crippen molar-refractivity contribution in [2.75, 3.05) is 6.61 Å². The number of pyridine rings is 1. The summed E-state index contributed by atoms with van der Waals surface area (Å²) in [5, 5.41) is 18.0. The Kier molecular flexibility index (Phi) is 4.49. The second-order valence-corrected chi connectivity index (χ2v) is 3.98. The van der Waals surface area contributed by atoms with Crippen LogP contribution in [0.5, 0.6) is 5.75 Å². The van der Waals surface area contributed by atoms with Gasteiger partial charge in [0.05, 0.1) is 6.61 Å². The molecule has 0 saturated carbocycles. The molecule has 2 aromatic rings. The third-order valence-electron chi connectivity index (χ3n) is 2.60. The number of hydrogen-bond acceptors (Lipinski definition) is 4. The van der Waals surface area contributed by atoms with Gasteiger partial charge in [-0.05, 0) is 29.7 Å². The number of halogens is 1. The number of ether oxygens (including phenoxy) is 1. The lowest BCUT2D eigenvalue weighted by Crippen LogP contribution is -2.29. The van der Waals surface area contributed by atoms with Gasteiger partial charge in [0.15, 0.2) is 11.6 Å². The van der Waals surface area contributed by atoms with Crippen molar-refractivity contribution in [3.63, 3.8) is 0 Å². The molecule has 0 spiro atoms. The predicted molar refractivity (Wildman–Crippen MR) is 69.7 cm³/mol. The lowest BCUT2D eigenvalue weighted by atomic mass is 9.80. The predicted octanol–water partition coefficient (Wildman–Crippen LogP) is 0.522. The van der Waals surface area contributed by atoms with Crippen LogP contribution < -0.4 is 10.2 Å². The van der Waals surface area contributed by atoms with Gasteiger partial charge in [-0.3, -0.25) is 4.98 Å². The van der Waals surface area contributed by atoms with Crippen LogP contribution in [0.15, 0.2) is 42.6 Å². The zero-order valence-electron chi connectivity index (χ0n) is 10.2.